The van der Waals surface area contributed by atoms with Gasteiger partial charge in [0, 0.05) is 50.3 Å². The van der Waals surface area contributed by atoms with E-state index in [1.807, 2.05) is 13.8 Å². The number of carbonyl (C=O) groups is 1. The first kappa shape index (κ1) is 35.9. The second kappa shape index (κ2) is 14.4. The maximum absolute atomic E-state index is 13.7. The van der Waals surface area contributed by atoms with Gasteiger partial charge in [0.25, 0.3) is 0 Å². The van der Waals surface area contributed by atoms with Gasteiger partial charge in [0.1, 0.15) is 41.0 Å². The molecule has 3 aliphatic heterocycles. The standard InChI is InChI=1S/C35H39BrCl2N4O6S/c1-18-25-19(2)29(38)30(28(18)37)46-22(15-42-11-9-41(6)10-12-42)16-45-21-7-8-23(43)20(13-21)14-24(34(44)48-35(3,4)5)47-32-27-26(25)31(36)49-33(27)40-17-39-32/h7-8,13,17,22,24,43H,9-12,14-16H2,1-6H3/t22-,24-/m1/s1. The molecule has 4 bridgehead atoms. The summed E-state index contributed by atoms with van der Waals surface area (Å²) in [5, 5.41) is 12.3. The Morgan fingerprint density at radius 1 is 1.08 bits per heavy atom. The summed E-state index contributed by atoms with van der Waals surface area (Å²) in [4.78, 5) is 28.0. The van der Waals surface area contributed by atoms with E-state index in [0.29, 0.717) is 43.9 Å². The van der Waals surface area contributed by atoms with Gasteiger partial charge in [-0.2, -0.15) is 0 Å². The van der Waals surface area contributed by atoms with Gasteiger partial charge in [-0.15, -0.1) is 11.3 Å². The zero-order valence-electron chi connectivity index (χ0n) is 28.2. The number of aromatic nitrogens is 2. The highest BCUT2D eigenvalue weighted by atomic mass is 79.9. The molecule has 1 saturated heterocycles. The van der Waals surface area contributed by atoms with Crippen LogP contribution < -0.4 is 14.2 Å². The van der Waals surface area contributed by atoms with Crippen LogP contribution in [0.4, 0.5) is 0 Å². The van der Waals surface area contributed by atoms with E-state index in [2.05, 4.69) is 42.7 Å². The van der Waals surface area contributed by atoms with Gasteiger partial charge in [-0.05, 0) is 92.5 Å². The largest absolute Gasteiger partial charge is 0.508 e. The van der Waals surface area contributed by atoms with Crippen molar-refractivity contribution in [2.45, 2.75) is 58.8 Å². The van der Waals surface area contributed by atoms with Crippen molar-refractivity contribution in [3.63, 3.8) is 0 Å². The quantitative estimate of drug-likeness (QED) is 0.210. The van der Waals surface area contributed by atoms with Crippen molar-refractivity contribution in [2.24, 2.45) is 0 Å². The number of ether oxygens (including phenoxy) is 4. The Hall–Kier alpha value is -2.87. The minimum Gasteiger partial charge on any atom is -0.508 e. The molecule has 2 atom stereocenters. The number of halogens is 3. The van der Waals surface area contributed by atoms with Crippen LogP contribution >= 0.6 is 50.5 Å². The van der Waals surface area contributed by atoms with Crippen molar-refractivity contribution in [3.05, 3.63) is 55.0 Å². The molecule has 262 valence electrons. The molecule has 0 aliphatic carbocycles. The van der Waals surface area contributed by atoms with Crippen molar-refractivity contribution in [2.75, 3.05) is 46.4 Å². The van der Waals surface area contributed by atoms with Crippen LogP contribution in [0.3, 0.4) is 0 Å². The monoisotopic (exact) mass is 792 g/mol. The maximum atomic E-state index is 13.7. The van der Waals surface area contributed by atoms with Gasteiger partial charge in [-0.3, -0.25) is 4.90 Å². The normalized spacial score (nSPS) is 19.2. The zero-order chi connectivity index (χ0) is 35.2. The Labute approximate surface area is 308 Å². The third-order valence-electron chi connectivity index (χ3n) is 8.63. The predicted octanol–water partition coefficient (Wildman–Crippen LogP) is 7.47. The molecule has 5 heterocycles. The predicted molar refractivity (Wildman–Crippen MR) is 196 cm³/mol. The van der Waals surface area contributed by atoms with Crippen molar-refractivity contribution >= 4 is 66.7 Å². The Kier molecular flexibility index (Phi) is 10.6. The molecule has 3 aliphatic rings. The Balaban J connectivity index is 1.53. The van der Waals surface area contributed by atoms with Crippen LogP contribution in [0, 0.1) is 13.8 Å². The number of phenolic OH excluding ortho intramolecular Hbond substituents is 1. The Bertz CT molecular complexity index is 1860. The lowest BCUT2D eigenvalue weighted by Gasteiger charge is -2.35. The molecule has 0 amide bonds. The minimum atomic E-state index is -1.18. The summed E-state index contributed by atoms with van der Waals surface area (Å²) in [5.74, 6) is 0.422. The second-order valence-corrected chi connectivity index (χ2v) is 16.6. The number of piperazine rings is 1. The number of aromatic hydroxyl groups is 1. The fourth-order valence-electron chi connectivity index (χ4n) is 6.10. The molecular formula is C35H39BrCl2N4O6S. The second-order valence-electron chi connectivity index (χ2n) is 13.5. The van der Waals surface area contributed by atoms with E-state index in [1.54, 1.807) is 32.9 Å². The maximum Gasteiger partial charge on any atom is 0.348 e. The van der Waals surface area contributed by atoms with Crippen molar-refractivity contribution in [1.29, 1.82) is 0 Å². The molecule has 7 rings (SSSR count). The number of esters is 1. The summed E-state index contributed by atoms with van der Waals surface area (Å²) in [6.07, 6.45) is -0.245. The number of rotatable bonds is 3. The SMILES string of the molecule is Cc1c(Cl)c2c(Cl)c(C)c1-c1c(Br)sc3ncnc(c13)O[C@@H](C(=O)OC(C)(C)C)Cc1cc(ccc1O)OC[C@@H](CN1CCN(C)CC1)O2. The van der Waals surface area contributed by atoms with Gasteiger partial charge >= 0.3 is 5.97 Å². The summed E-state index contributed by atoms with van der Waals surface area (Å²) in [5.41, 5.74) is 2.65. The van der Waals surface area contributed by atoms with Crippen LogP contribution in [-0.2, 0) is 16.0 Å². The summed E-state index contributed by atoms with van der Waals surface area (Å²) in [6.45, 7) is 13.6. The van der Waals surface area contributed by atoms with E-state index >= 15 is 0 Å². The molecule has 1 N–H and O–H groups in total. The van der Waals surface area contributed by atoms with E-state index in [4.69, 9.17) is 42.1 Å². The lowest BCUT2D eigenvalue weighted by molar-refractivity contribution is -0.163. The van der Waals surface area contributed by atoms with Gasteiger partial charge in [0.15, 0.2) is 5.75 Å². The van der Waals surface area contributed by atoms with E-state index in [-0.39, 0.29) is 24.7 Å². The Morgan fingerprint density at radius 3 is 2.45 bits per heavy atom. The molecule has 1 fully saturated rings. The number of nitrogens with zero attached hydrogens (tertiary/aromatic N) is 4. The zero-order valence-corrected chi connectivity index (χ0v) is 32.1. The van der Waals surface area contributed by atoms with E-state index in [0.717, 1.165) is 52.2 Å². The highest BCUT2D eigenvalue weighted by Crippen LogP contribution is 2.51. The number of benzene rings is 2. The summed E-state index contributed by atoms with van der Waals surface area (Å²) in [6, 6.07) is 4.92. The first-order valence-electron chi connectivity index (χ1n) is 16.0. The van der Waals surface area contributed by atoms with Crippen LogP contribution in [0.15, 0.2) is 28.3 Å². The van der Waals surface area contributed by atoms with Crippen LogP contribution in [0.2, 0.25) is 10.0 Å². The van der Waals surface area contributed by atoms with Crippen LogP contribution in [0.25, 0.3) is 21.3 Å². The highest BCUT2D eigenvalue weighted by Gasteiger charge is 2.33. The Morgan fingerprint density at radius 2 is 1.78 bits per heavy atom. The van der Waals surface area contributed by atoms with Gasteiger partial charge in [0.05, 0.1) is 19.2 Å². The minimum absolute atomic E-state index is 0.0122. The van der Waals surface area contributed by atoms with Gasteiger partial charge in [-0.25, -0.2) is 14.8 Å². The highest BCUT2D eigenvalue weighted by molar-refractivity contribution is 9.11. The first-order chi connectivity index (χ1) is 23.2. The number of thiophene rings is 1. The molecule has 10 nitrogen and oxygen atoms in total. The van der Waals surface area contributed by atoms with Crippen LogP contribution in [0.5, 0.6) is 23.1 Å². The lowest BCUT2D eigenvalue weighted by Crippen LogP contribution is -2.49. The van der Waals surface area contributed by atoms with Crippen LogP contribution in [-0.4, -0.2) is 95.0 Å². The smallest absolute Gasteiger partial charge is 0.348 e. The number of fused-ring (bicyclic) bond motifs is 7. The van der Waals surface area contributed by atoms with Crippen molar-refractivity contribution in [1.82, 2.24) is 19.8 Å². The number of hydrogen-bond donors (Lipinski definition) is 1. The van der Waals surface area contributed by atoms with Crippen LogP contribution in [0.1, 0.15) is 37.5 Å². The molecule has 2 aromatic carbocycles. The molecule has 0 unspecified atom stereocenters. The van der Waals surface area contributed by atoms with Crippen molar-refractivity contribution < 1.29 is 28.8 Å². The molecule has 49 heavy (non-hydrogen) atoms. The topological polar surface area (TPSA) is 106 Å². The molecule has 14 heteroatoms. The van der Waals surface area contributed by atoms with E-state index < -0.39 is 23.8 Å². The average molecular weight is 795 g/mol. The molecule has 0 radical (unpaired) electrons. The summed E-state index contributed by atoms with van der Waals surface area (Å²) in [7, 11) is 2.11. The van der Waals surface area contributed by atoms with Crippen molar-refractivity contribution in [3.8, 4) is 34.3 Å². The number of phenols is 1. The van der Waals surface area contributed by atoms with Gasteiger partial charge in [0.2, 0.25) is 12.0 Å². The van der Waals surface area contributed by atoms with E-state index in [9.17, 15) is 9.90 Å². The number of hydrogen-bond acceptors (Lipinski definition) is 11. The third kappa shape index (κ3) is 7.74. The van der Waals surface area contributed by atoms with E-state index in [1.165, 1.54) is 23.7 Å². The molecule has 2 aromatic heterocycles. The van der Waals surface area contributed by atoms with Gasteiger partial charge in [-0.1, -0.05) is 23.2 Å². The lowest BCUT2D eigenvalue weighted by atomic mass is 9.95. The summed E-state index contributed by atoms with van der Waals surface area (Å²) >= 11 is 19.4. The fraction of sp³-hybridized carbons (Fsp3) is 0.457. The molecular weight excluding hydrogens is 755 g/mol. The first-order valence-corrected chi connectivity index (χ1v) is 18.4. The average Bonchev–Trinajstić information content (AvgIpc) is 3.37. The number of likely N-dealkylation sites (N-methyl/N-ethyl adjacent to an activating group) is 1. The summed E-state index contributed by atoms with van der Waals surface area (Å²) < 4.78 is 26.0. The number of carbonyl (C=O) groups excluding carboxylic acids is 1. The molecule has 0 saturated carbocycles. The molecule has 4 aromatic rings. The third-order valence-corrected chi connectivity index (χ3v) is 11.3. The molecule has 0 spiro atoms. The van der Waals surface area contributed by atoms with Gasteiger partial charge < -0.3 is 29.0 Å². The fourth-order valence-corrected chi connectivity index (χ4v) is 8.34.